The first kappa shape index (κ1) is 19.2. The molecule has 0 aromatic carbocycles. The average Bonchev–Trinajstić information content (AvgIpc) is 3.22. The van der Waals surface area contributed by atoms with Crippen molar-refractivity contribution in [2.24, 2.45) is 12.8 Å². The topological polar surface area (TPSA) is 79.3 Å². The molecule has 4 N–H and O–H groups in total. The molecule has 0 bridgehead atoms. The summed E-state index contributed by atoms with van der Waals surface area (Å²) in [4.78, 5) is 6.00. The van der Waals surface area contributed by atoms with Crippen LogP contribution in [0.1, 0.15) is 23.9 Å². The number of aliphatic hydroxyl groups is 1. The minimum Gasteiger partial charge on any atom is -0.384 e. The van der Waals surface area contributed by atoms with E-state index in [2.05, 4.69) is 10.3 Å². The molecule has 6 nitrogen and oxygen atoms in total. The molecule has 1 aliphatic rings. The third kappa shape index (κ3) is 4.20. The van der Waals surface area contributed by atoms with Gasteiger partial charge in [0.2, 0.25) is 0 Å². The summed E-state index contributed by atoms with van der Waals surface area (Å²) >= 11 is 1.08. The van der Waals surface area contributed by atoms with Crippen molar-refractivity contribution in [2.75, 3.05) is 24.5 Å². The van der Waals surface area contributed by atoms with E-state index in [-0.39, 0.29) is 12.1 Å². The van der Waals surface area contributed by atoms with Crippen molar-refractivity contribution < 1.29 is 18.3 Å². The zero-order chi connectivity index (χ0) is 18.9. The number of imidazole rings is 1. The lowest BCUT2D eigenvalue weighted by molar-refractivity contribution is -0.137. The summed E-state index contributed by atoms with van der Waals surface area (Å²) in [6.07, 6.45) is -0.990. The van der Waals surface area contributed by atoms with Crippen LogP contribution in [-0.2, 0) is 13.2 Å². The summed E-state index contributed by atoms with van der Waals surface area (Å²) < 4.78 is 40.0. The maximum atomic E-state index is 12.8. The molecule has 0 saturated carbocycles. The molecule has 26 heavy (non-hydrogen) atoms. The number of thiophene rings is 1. The lowest BCUT2D eigenvalue weighted by atomic mass is 10.00. The van der Waals surface area contributed by atoms with Crippen molar-refractivity contribution in [3.05, 3.63) is 35.2 Å². The first-order valence-electron chi connectivity index (χ1n) is 8.30. The number of nitrogens with two attached hydrogens (primary N) is 1. The van der Waals surface area contributed by atoms with E-state index in [4.69, 9.17) is 5.73 Å². The third-order valence-corrected chi connectivity index (χ3v) is 5.60. The maximum Gasteiger partial charge on any atom is 0.417 e. The summed E-state index contributed by atoms with van der Waals surface area (Å²) in [6, 6.07) is 0.924. The van der Waals surface area contributed by atoms with E-state index in [1.165, 1.54) is 6.07 Å². The van der Waals surface area contributed by atoms with Crippen molar-refractivity contribution in [3.63, 3.8) is 0 Å². The smallest absolute Gasteiger partial charge is 0.384 e. The highest BCUT2D eigenvalue weighted by Crippen LogP contribution is 2.36. The Balaban J connectivity index is 1.54. The molecule has 144 valence electrons. The molecule has 1 fully saturated rings. The van der Waals surface area contributed by atoms with Crippen LogP contribution in [-0.4, -0.2) is 46.4 Å². The largest absolute Gasteiger partial charge is 0.417 e. The van der Waals surface area contributed by atoms with Crippen LogP contribution in [0.3, 0.4) is 0 Å². The van der Waals surface area contributed by atoms with E-state index in [9.17, 15) is 18.3 Å². The number of rotatable bonds is 5. The lowest BCUT2D eigenvalue weighted by Crippen LogP contribution is -2.57. The molecule has 3 atom stereocenters. The fourth-order valence-electron chi connectivity index (χ4n) is 3.13. The Kier molecular flexibility index (Phi) is 5.56. The lowest BCUT2D eigenvalue weighted by Gasteiger charge is -2.38. The summed E-state index contributed by atoms with van der Waals surface area (Å²) in [5.41, 5.74) is 5.59. The quantitative estimate of drug-likeness (QED) is 0.726. The normalized spacial score (nSPS) is 22.6. The Morgan fingerprint density at radius 2 is 2.27 bits per heavy atom. The highest BCUT2D eigenvalue weighted by molar-refractivity contribution is 7.14. The van der Waals surface area contributed by atoms with Crippen LogP contribution in [0.5, 0.6) is 0 Å². The van der Waals surface area contributed by atoms with Gasteiger partial charge in [0.05, 0.1) is 10.6 Å². The Hall–Kier alpha value is -1.62. The molecule has 0 spiro atoms. The zero-order valence-corrected chi connectivity index (χ0v) is 15.1. The number of aliphatic hydroxyl groups excluding tert-OH is 1. The van der Waals surface area contributed by atoms with Gasteiger partial charge < -0.3 is 25.6 Å². The van der Waals surface area contributed by atoms with Gasteiger partial charge in [0.1, 0.15) is 11.9 Å². The van der Waals surface area contributed by atoms with Crippen LogP contribution in [0.25, 0.3) is 0 Å². The van der Waals surface area contributed by atoms with Gasteiger partial charge in [-0.25, -0.2) is 4.98 Å². The number of nitrogens with one attached hydrogen (secondary N) is 1. The zero-order valence-electron chi connectivity index (χ0n) is 14.3. The molecule has 0 aliphatic carbocycles. The van der Waals surface area contributed by atoms with E-state index >= 15 is 0 Å². The predicted octanol–water partition coefficient (Wildman–Crippen LogP) is 1.73. The van der Waals surface area contributed by atoms with Gasteiger partial charge >= 0.3 is 6.18 Å². The van der Waals surface area contributed by atoms with Crippen LogP contribution >= 0.6 is 11.3 Å². The SMILES string of the molecule is Cn1ccnc1C(O)CNC1CCN(c2cc(C(F)(F)F)cs2)CC1N. The second kappa shape index (κ2) is 7.55. The Bertz CT molecular complexity index is 732. The third-order valence-electron chi connectivity index (χ3n) is 4.61. The van der Waals surface area contributed by atoms with E-state index in [1.807, 2.05) is 11.9 Å². The molecule has 1 saturated heterocycles. The van der Waals surface area contributed by atoms with Crippen LogP contribution in [0.2, 0.25) is 0 Å². The summed E-state index contributed by atoms with van der Waals surface area (Å²) in [5, 5.41) is 15.2. The summed E-state index contributed by atoms with van der Waals surface area (Å²) in [6.45, 7) is 1.40. The maximum absolute atomic E-state index is 12.8. The molecule has 10 heteroatoms. The van der Waals surface area contributed by atoms with Crippen molar-refractivity contribution in [3.8, 4) is 0 Å². The molecule has 3 unspecified atom stereocenters. The summed E-state index contributed by atoms with van der Waals surface area (Å²) in [7, 11) is 1.81. The van der Waals surface area contributed by atoms with Gasteiger partial charge in [-0.3, -0.25) is 0 Å². The summed E-state index contributed by atoms with van der Waals surface area (Å²) in [5.74, 6) is 0.571. The second-order valence-electron chi connectivity index (χ2n) is 6.50. The van der Waals surface area contributed by atoms with E-state index in [0.29, 0.717) is 36.9 Å². The van der Waals surface area contributed by atoms with Crippen molar-refractivity contribution in [1.82, 2.24) is 14.9 Å². The number of nitrogens with zero attached hydrogens (tertiary/aromatic N) is 3. The van der Waals surface area contributed by atoms with Gasteiger partial charge in [-0.05, 0) is 12.5 Å². The van der Waals surface area contributed by atoms with Gasteiger partial charge in [-0.2, -0.15) is 13.2 Å². The molecular weight excluding hydrogens is 367 g/mol. The molecule has 3 rings (SSSR count). The van der Waals surface area contributed by atoms with Gasteiger partial charge in [0, 0.05) is 56.5 Å². The highest BCUT2D eigenvalue weighted by atomic mass is 32.1. The van der Waals surface area contributed by atoms with Crippen molar-refractivity contribution in [2.45, 2.75) is 30.8 Å². The number of anilines is 1. The number of piperidine rings is 1. The van der Waals surface area contributed by atoms with E-state index in [0.717, 1.165) is 16.7 Å². The van der Waals surface area contributed by atoms with Crippen molar-refractivity contribution in [1.29, 1.82) is 0 Å². The molecule has 2 aromatic rings. The Morgan fingerprint density at radius 3 is 2.85 bits per heavy atom. The molecule has 3 heterocycles. The van der Waals surface area contributed by atoms with Gasteiger partial charge in [0.15, 0.2) is 0 Å². The number of aryl methyl sites for hydroxylation is 1. The number of hydrogen-bond acceptors (Lipinski definition) is 6. The number of halogens is 3. The monoisotopic (exact) mass is 389 g/mol. The first-order chi connectivity index (χ1) is 12.3. The minimum atomic E-state index is -4.32. The van der Waals surface area contributed by atoms with E-state index in [1.54, 1.807) is 17.0 Å². The predicted molar refractivity (Wildman–Crippen MR) is 94.1 cm³/mol. The number of hydrogen-bond donors (Lipinski definition) is 3. The van der Waals surface area contributed by atoms with Crippen LogP contribution in [0.4, 0.5) is 18.2 Å². The molecule has 0 amide bonds. The molecule has 2 aromatic heterocycles. The molecule has 1 aliphatic heterocycles. The Morgan fingerprint density at radius 1 is 1.50 bits per heavy atom. The molecule has 0 radical (unpaired) electrons. The molecular formula is C16H22F3N5OS. The van der Waals surface area contributed by atoms with Gasteiger partial charge in [0.25, 0.3) is 0 Å². The van der Waals surface area contributed by atoms with Gasteiger partial charge in [-0.15, -0.1) is 11.3 Å². The fourth-order valence-corrected chi connectivity index (χ4v) is 4.09. The fraction of sp³-hybridized carbons (Fsp3) is 0.562. The van der Waals surface area contributed by atoms with Crippen LogP contribution in [0.15, 0.2) is 23.8 Å². The van der Waals surface area contributed by atoms with Crippen LogP contribution in [0, 0.1) is 0 Å². The second-order valence-corrected chi connectivity index (χ2v) is 7.39. The van der Waals surface area contributed by atoms with E-state index < -0.39 is 17.8 Å². The highest BCUT2D eigenvalue weighted by Gasteiger charge is 2.33. The first-order valence-corrected chi connectivity index (χ1v) is 9.18. The minimum absolute atomic E-state index is 0.0109. The van der Waals surface area contributed by atoms with Gasteiger partial charge in [-0.1, -0.05) is 0 Å². The average molecular weight is 389 g/mol. The van der Waals surface area contributed by atoms with Crippen molar-refractivity contribution >= 4 is 16.3 Å². The number of alkyl halides is 3. The number of aromatic nitrogens is 2. The van der Waals surface area contributed by atoms with Crippen LogP contribution < -0.4 is 16.0 Å². The Labute approximate surface area is 153 Å². The standard InChI is InChI=1S/C16H22F3N5OS/c1-23-5-3-21-15(23)13(25)7-22-12-2-4-24(8-11(12)20)14-6-10(9-26-14)16(17,18)19/h3,5-6,9,11-13,22,25H,2,4,7-8,20H2,1H3.